The van der Waals surface area contributed by atoms with Crippen molar-refractivity contribution < 1.29 is 19.0 Å². The van der Waals surface area contributed by atoms with E-state index in [1.54, 1.807) is 27.7 Å². The lowest BCUT2D eigenvalue weighted by Gasteiger charge is -2.22. The van der Waals surface area contributed by atoms with Crippen LogP contribution in [0.3, 0.4) is 0 Å². The Morgan fingerprint density at radius 2 is 1.94 bits per heavy atom. The van der Waals surface area contributed by atoms with Crippen molar-refractivity contribution in [1.29, 1.82) is 0 Å². The molecule has 0 spiro atoms. The molecule has 0 radical (unpaired) electrons. The van der Waals surface area contributed by atoms with Crippen molar-refractivity contribution in [1.82, 2.24) is 19.5 Å². The summed E-state index contributed by atoms with van der Waals surface area (Å²) in [6.07, 6.45) is 5.08. The number of imidazole rings is 1. The average Bonchev–Trinajstić information content (AvgIpc) is 3.63. The zero-order valence-electron chi connectivity index (χ0n) is 19.5. The number of ether oxygens (including phenoxy) is 3. The minimum atomic E-state index is -0.403. The standard InChI is InChI=1S/C23H25N7O4S/c1-32-16-9-13(10-17(33-2)19(16)34-3)29-11-18(25-12-29)26-21-14-6-8-35-22(14)28-23(27-21)30-7-4-5-15(30)20(24)31/h6,8-12,15H,4-5,7H2,1-3H3,(H2,24,31)(H,26,27,28). The second-order valence-corrected chi connectivity index (χ2v) is 8.83. The molecular weight excluding hydrogens is 470 g/mol. The highest BCUT2D eigenvalue weighted by Gasteiger charge is 2.31. The fourth-order valence-electron chi connectivity index (χ4n) is 4.24. The maximum atomic E-state index is 11.9. The molecule has 0 bridgehead atoms. The average molecular weight is 496 g/mol. The van der Waals surface area contributed by atoms with Crippen molar-refractivity contribution in [3.63, 3.8) is 0 Å². The van der Waals surface area contributed by atoms with Crippen LogP contribution in [0.1, 0.15) is 12.8 Å². The summed E-state index contributed by atoms with van der Waals surface area (Å²) in [4.78, 5) is 28.5. The number of primary amides is 1. The number of nitrogens with two attached hydrogens (primary N) is 1. The lowest BCUT2D eigenvalue weighted by atomic mass is 10.2. The van der Waals surface area contributed by atoms with E-state index in [1.165, 1.54) is 11.3 Å². The summed E-state index contributed by atoms with van der Waals surface area (Å²) < 4.78 is 18.2. The monoisotopic (exact) mass is 495 g/mol. The van der Waals surface area contributed by atoms with Gasteiger partial charge in [-0.3, -0.25) is 4.79 Å². The number of fused-ring (bicyclic) bond motifs is 1. The maximum absolute atomic E-state index is 11.9. The lowest BCUT2D eigenvalue weighted by molar-refractivity contribution is -0.119. The predicted octanol–water partition coefficient (Wildman–Crippen LogP) is 3.10. The highest BCUT2D eigenvalue weighted by Crippen LogP contribution is 2.39. The first-order chi connectivity index (χ1) is 17.0. The van der Waals surface area contributed by atoms with Crippen molar-refractivity contribution in [3.05, 3.63) is 36.1 Å². The summed E-state index contributed by atoms with van der Waals surface area (Å²) >= 11 is 1.51. The molecule has 0 saturated carbocycles. The molecule has 1 aliphatic heterocycles. The number of carbonyl (C=O) groups excluding carboxylic acids is 1. The van der Waals surface area contributed by atoms with Gasteiger partial charge in [0.15, 0.2) is 11.5 Å². The summed E-state index contributed by atoms with van der Waals surface area (Å²) in [5, 5.41) is 6.13. The Bertz CT molecular complexity index is 1360. The quantitative estimate of drug-likeness (QED) is 0.379. The molecular formula is C23H25N7O4S. The van der Waals surface area contributed by atoms with Crippen LogP contribution in [0.2, 0.25) is 0 Å². The minimum Gasteiger partial charge on any atom is -0.493 e. The van der Waals surface area contributed by atoms with Gasteiger partial charge in [-0.1, -0.05) is 0 Å². The van der Waals surface area contributed by atoms with E-state index in [0.717, 1.165) is 22.3 Å². The van der Waals surface area contributed by atoms with E-state index in [4.69, 9.17) is 24.9 Å². The Morgan fingerprint density at radius 3 is 2.63 bits per heavy atom. The van der Waals surface area contributed by atoms with Crippen molar-refractivity contribution in [2.24, 2.45) is 5.73 Å². The van der Waals surface area contributed by atoms with Crippen LogP contribution in [-0.4, -0.2) is 59.3 Å². The fraction of sp³-hybridized carbons (Fsp3) is 0.304. The molecule has 5 rings (SSSR count). The number of methoxy groups -OCH3 is 3. The number of anilines is 3. The number of hydrogen-bond donors (Lipinski definition) is 2. The third kappa shape index (κ3) is 4.16. The topological polar surface area (TPSA) is 130 Å². The molecule has 1 amide bonds. The summed E-state index contributed by atoms with van der Waals surface area (Å²) in [6.45, 7) is 0.680. The van der Waals surface area contributed by atoms with Gasteiger partial charge in [0.1, 0.15) is 28.8 Å². The van der Waals surface area contributed by atoms with Crippen LogP contribution in [0.25, 0.3) is 15.9 Å². The Balaban J connectivity index is 1.48. The number of rotatable bonds is 8. The van der Waals surface area contributed by atoms with Gasteiger partial charge in [-0.05, 0) is 24.3 Å². The number of carbonyl (C=O) groups is 1. The zero-order chi connectivity index (χ0) is 24.5. The van der Waals surface area contributed by atoms with Crippen LogP contribution in [-0.2, 0) is 4.79 Å². The zero-order valence-corrected chi connectivity index (χ0v) is 20.3. The third-order valence-corrected chi connectivity index (χ3v) is 6.73. The fourth-order valence-corrected chi connectivity index (χ4v) is 5.00. The predicted molar refractivity (Wildman–Crippen MR) is 133 cm³/mol. The van der Waals surface area contributed by atoms with Gasteiger partial charge in [-0.2, -0.15) is 4.98 Å². The number of nitrogens with zero attached hydrogens (tertiary/aromatic N) is 5. The second-order valence-electron chi connectivity index (χ2n) is 7.94. The first-order valence-corrected chi connectivity index (χ1v) is 11.8. The molecule has 1 saturated heterocycles. The summed E-state index contributed by atoms with van der Waals surface area (Å²) in [6, 6.07) is 5.23. The Hall–Kier alpha value is -4.06. The third-order valence-electron chi connectivity index (χ3n) is 5.93. The van der Waals surface area contributed by atoms with Gasteiger partial charge in [-0.15, -0.1) is 11.3 Å². The van der Waals surface area contributed by atoms with E-state index in [9.17, 15) is 4.79 Å². The van der Waals surface area contributed by atoms with Crippen LogP contribution >= 0.6 is 11.3 Å². The molecule has 182 valence electrons. The van der Waals surface area contributed by atoms with E-state index >= 15 is 0 Å². The van der Waals surface area contributed by atoms with Gasteiger partial charge in [0.05, 0.1) is 38.6 Å². The molecule has 3 N–H and O–H groups in total. The van der Waals surface area contributed by atoms with Gasteiger partial charge in [-0.25, -0.2) is 9.97 Å². The van der Waals surface area contributed by atoms with Crippen molar-refractivity contribution in [2.45, 2.75) is 18.9 Å². The number of hydrogen-bond acceptors (Lipinski definition) is 10. The number of benzene rings is 1. The molecule has 1 atom stereocenters. The van der Waals surface area contributed by atoms with Gasteiger partial charge in [0.2, 0.25) is 17.6 Å². The minimum absolute atomic E-state index is 0.365. The Labute approximate surface area is 205 Å². The molecule has 1 fully saturated rings. The molecule has 11 nitrogen and oxygen atoms in total. The highest BCUT2D eigenvalue weighted by atomic mass is 32.1. The van der Waals surface area contributed by atoms with Crippen LogP contribution in [0.15, 0.2) is 36.1 Å². The van der Waals surface area contributed by atoms with E-state index in [1.807, 2.05) is 39.2 Å². The van der Waals surface area contributed by atoms with Gasteiger partial charge < -0.3 is 34.7 Å². The largest absolute Gasteiger partial charge is 0.493 e. The number of aromatic nitrogens is 4. The number of thiophene rings is 1. The number of amides is 1. The molecule has 1 aromatic carbocycles. The highest BCUT2D eigenvalue weighted by molar-refractivity contribution is 7.16. The van der Waals surface area contributed by atoms with Crippen molar-refractivity contribution in [2.75, 3.05) is 38.1 Å². The molecule has 35 heavy (non-hydrogen) atoms. The molecule has 1 unspecified atom stereocenters. The second kappa shape index (κ2) is 9.29. The van der Waals surface area contributed by atoms with Gasteiger partial charge in [0, 0.05) is 18.7 Å². The summed E-state index contributed by atoms with van der Waals surface area (Å²) in [5.74, 6) is 2.91. The lowest BCUT2D eigenvalue weighted by Crippen LogP contribution is -2.41. The molecule has 12 heteroatoms. The van der Waals surface area contributed by atoms with Crippen LogP contribution in [0.4, 0.5) is 17.6 Å². The van der Waals surface area contributed by atoms with Crippen LogP contribution in [0, 0.1) is 0 Å². The van der Waals surface area contributed by atoms with Gasteiger partial charge in [0.25, 0.3) is 0 Å². The van der Waals surface area contributed by atoms with Crippen LogP contribution < -0.4 is 30.2 Å². The van der Waals surface area contributed by atoms with Crippen LogP contribution in [0.5, 0.6) is 17.2 Å². The molecule has 4 aromatic rings. The van der Waals surface area contributed by atoms with Gasteiger partial charge >= 0.3 is 0 Å². The first-order valence-electron chi connectivity index (χ1n) is 10.9. The molecule has 1 aliphatic rings. The Kier molecular flexibility index (Phi) is 6.03. The Morgan fingerprint density at radius 1 is 1.17 bits per heavy atom. The first kappa shape index (κ1) is 22.7. The number of nitrogens with one attached hydrogen (secondary N) is 1. The normalized spacial score (nSPS) is 15.4. The summed E-state index contributed by atoms with van der Waals surface area (Å²) in [5.41, 5.74) is 6.39. The van der Waals surface area contributed by atoms with E-state index in [0.29, 0.717) is 47.8 Å². The van der Waals surface area contributed by atoms with E-state index < -0.39 is 6.04 Å². The van der Waals surface area contributed by atoms with Crippen molar-refractivity contribution in [3.8, 4) is 22.9 Å². The smallest absolute Gasteiger partial charge is 0.240 e. The van der Waals surface area contributed by atoms with E-state index in [-0.39, 0.29) is 5.91 Å². The molecule has 4 heterocycles. The molecule has 3 aromatic heterocycles. The van der Waals surface area contributed by atoms with Crippen molar-refractivity contribution >= 4 is 45.0 Å². The maximum Gasteiger partial charge on any atom is 0.240 e. The summed E-state index contributed by atoms with van der Waals surface area (Å²) in [7, 11) is 4.71. The SMILES string of the molecule is COc1cc(-n2cnc(Nc3nc(N4CCCC4C(N)=O)nc4sccc34)c2)cc(OC)c1OC. The van der Waals surface area contributed by atoms with E-state index in [2.05, 4.69) is 15.3 Å². The molecule has 0 aliphatic carbocycles.